The highest BCUT2D eigenvalue weighted by Crippen LogP contribution is 2.24. The molecule has 2 amide bonds. The van der Waals surface area contributed by atoms with Gasteiger partial charge in [0.25, 0.3) is 0 Å². The van der Waals surface area contributed by atoms with Gasteiger partial charge >= 0.3 is 6.03 Å². The van der Waals surface area contributed by atoms with Crippen LogP contribution in [0.25, 0.3) is 10.9 Å². The monoisotopic (exact) mass is 343 g/mol. The molecule has 1 aromatic heterocycles. The number of H-pyrrole nitrogens is 1. The predicted octanol–water partition coefficient (Wildman–Crippen LogP) is 5.60. The zero-order valence-electron chi connectivity index (χ0n) is 13.9. The largest absolute Gasteiger partial charge is 0.457 e. The Hall–Kier alpha value is -3.73. The average Bonchev–Trinajstić information content (AvgIpc) is 3.14. The first-order chi connectivity index (χ1) is 12.8. The van der Waals surface area contributed by atoms with Gasteiger partial charge in [-0.2, -0.15) is 0 Å². The zero-order chi connectivity index (χ0) is 17.8. The molecule has 26 heavy (non-hydrogen) atoms. The van der Waals surface area contributed by atoms with Crippen molar-refractivity contribution in [3.05, 3.63) is 85.1 Å². The second kappa shape index (κ2) is 7.03. The van der Waals surface area contributed by atoms with Crippen LogP contribution in [0.4, 0.5) is 16.2 Å². The Morgan fingerprint density at radius 1 is 0.769 bits per heavy atom. The van der Waals surface area contributed by atoms with Crippen LogP contribution in [0.1, 0.15) is 0 Å². The summed E-state index contributed by atoms with van der Waals surface area (Å²) in [5, 5.41) is 6.73. The molecule has 0 aliphatic rings. The fourth-order valence-electron chi connectivity index (χ4n) is 2.70. The van der Waals surface area contributed by atoms with E-state index in [1.165, 1.54) is 0 Å². The molecule has 0 spiro atoms. The van der Waals surface area contributed by atoms with Crippen molar-refractivity contribution >= 4 is 28.3 Å². The number of aromatic amines is 1. The van der Waals surface area contributed by atoms with E-state index in [4.69, 9.17) is 4.74 Å². The molecule has 5 nitrogen and oxygen atoms in total. The fourth-order valence-corrected chi connectivity index (χ4v) is 2.70. The molecule has 0 bridgehead atoms. The number of amides is 2. The number of nitrogens with one attached hydrogen (secondary N) is 3. The van der Waals surface area contributed by atoms with E-state index in [0.29, 0.717) is 11.4 Å². The number of ether oxygens (including phenoxy) is 1. The van der Waals surface area contributed by atoms with Crippen molar-refractivity contribution in [2.24, 2.45) is 0 Å². The van der Waals surface area contributed by atoms with Crippen molar-refractivity contribution in [2.75, 3.05) is 10.6 Å². The first-order valence-electron chi connectivity index (χ1n) is 8.25. The van der Waals surface area contributed by atoms with Crippen LogP contribution in [-0.4, -0.2) is 11.0 Å². The standard InChI is InChI=1S/C21H17N3O2/c25-21(24-19-8-4-5-15-13-14-22-20(15)19)23-16-9-11-18(12-10-16)26-17-6-2-1-3-7-17/h1-14,22H,(H2,23,24,25). The molecule has 0 radical (unpaired) electrons. The molecule has 0 saturated heterocycles. The minimum absolute atomic E-state index is 0.302. The lowest BCUT2D eigenvalue weighted by atomic mass is 10.2. The Labute approximate surface area is 150 Å². The smallest absolute Gasteiger partial charge is 0.323 e. The normalized spacial score (nSPS) is 10.5. The van der Waals surface area contributed by atoms with Gasteiger partial charge in [-0.25, -0.2) is 4.79 Å². The molecule has 0 unspecified atom stereocenters. The van der Waals surface area contributed by atoms with E-state index in [1.807, 2.05) is 72.9 Å². The molecule has 0 aliphatic heterocycles. The summed E-state index contributed by atoms with van der Waals surface area (Å²) >= 11 is 0. The highest BCUT2D eigenvalue weighted by Gasteiger charge is 2.07. The lowest BCUT2D eigenvalue weighted by Crippen LogP contribution is -2.19. The molecule has 3 aromatic carbocycles. The topological polar surface area (TPSA) is 66.2 Å². The Morgan fingerprint density at radius 3 is 2.35 bits per heavy atom. The number of aromatic nitrogens is 1. The third kappa shape index (κ3) is 3.52. The van der Waals surface area contributed by atoms with Gasteiger partial charge in [0.05, 0.1) is 11.2 Å². The average molecular weight is 343 g/mol. The fraction of sp³-hybridized carbons (Fsp3) is 0. The van der Waals surface area contributed by atoms with Gasteiger partial charge in [0.15, 0.2) is 0 Å². The Bertz CT molecular complexity index is 1020. The molecule has 0 atom stereocenters. The van der Waals surface area contributed by atoms with Crippen molar-refractivity contribution < 1.29 is 9.53 Å². The number of carbonyl (C=O) groups excluding carboxylic acids is 1. The second-order valence-corrected chi connectivity index (χ2v) is 5.77. The molecule has 5 heteroatoms. The van der Waals surface area contributed by atoms with E-state index in [2.05, 4.69) is 15.6 Å². The number of hydrogen-bond acceptors (Lipinski definition) is 2. The number of benzene rings is 3. The predicted molar refractivity (Wildman–Crippen MR) is 104 cm³/mol. The lowest BCUT2D eigenvalue weighted by molar-refractivity contribution is 0.262. The summed E-state index contributed by atoms with van der Waals surface area (Å²) < 4.78 is 5.74. The molecule has 4 aromatic rings. The minimum atomic E-state index is -0.302. The van der Waals surface area contributed by atoms with Crippen LogP contribution in [0.3, 0.4) is 0 Å². The summed E-state index contributed by atoms with van der Waals surface area (Å²) in [5.41, 5.74) is 2.31. The summed E-state index contributed by atoms with van der Waals surface area (Å²) in [6.07, 6.45) is 1.85. The first-order valence-corrected chi connectivity index (χ1v) is 8.25. The van der Waals surface area contributed by atoms with E-state index >= 15 is 0 Å². The Morgan fingerprint density at radius 2 is 1.54 bits per heavy atom. The number of fused-ring (bicyclic) bond motifs is 1. The molecule has 0 saturated carbocycles. The molecule has 0 fully saturated rings. The van der Waals surface area contributed by atoms with Crippen molar-refractivity contribution in [1.82, 2.24) is 4.98 Å². The highest BCUT2D eigenvalue weighted by atomic mass is 16.5. The SMILES string of the molecule is O=C(Nc1ccc(Oc2ccccc2)cc1)Nc1cccc2cc[nH]c12. The summed E-state index contributed by atoms with van der Waals surface area (Å²) in [5.74, 6) is 1.48. The maximum atomic E-state index is 12.3. The van der Waals surface area contributed by atoms with Crippen LogP contribution in [-0.2, 0) is 0 Å². The summed E-state index contributed by atoms with van der Waals surface area (Å²) in [7, 11) is 0. The van der Waals surface area contributed by atoms with Gasteiger partial charge in [-0.05, 0) is 48.5 Å². The molecular weight excluding hydrogens is 326 g/mol. The lowest BCUT2D eigenvalue weighted by Gasteiger charge is -2.10. The van der Waals surface area contributed by atoms with E-state index in [0.717, 1.165) is 22.3 Å². The number of hydrogen-bond donors (Lipinski definition) is 3. The number of para-hydroxylation sites is 2. The van der Waals surface area contributed by atoms with E-state index in [-0.39, 0.29) is 6.03 Å². The van der Waals surface area contributed by atoms with Crippen molar-refractivity contribution in [2.45, 2.75) is 0 Å². The van der Waals surface area contributed by atoms with Crippen LogP contribution in [0.2, 0.25) is 0 Å². The molecule has 128 valence electrons. The molecule has 1 heterocycles. The number of rotatable bonds is 4. The van der Waals surface area contributed by atoms with Crippen molar-refractivity contribution in [3.8, 4) is 11.5 Å². The highest BCUT2D eigenvalue weighted by molar-refractivity contribution is 6.05. The van der Waals surface area contributed by atoms with E-state index < -0.39 is 0 Å². The maximum Gasteiger partial charge on any atom is 0.323 e. The third-order valence-corrected chi connectivity index (χ3v) is 3.93. The van der Waals surface area contributed by atoms with Gasteiger partial charge in [-0.1, -0.05) is 30.3 Å². The molecular formula is C21H17N3O2. The van der Waals surface area contributed by atoms with Crippen LogP contribution in [0.5, 0.6) is 11.5 Å². The summed E-state index contributed by atoms with van der Waals surface area (Å²) in [6.45, 7) is 0. The number of anilines is 2. The first kappa shape index (κ1) is 15.8. The van der Waals surface area contributed by atoms with Gasteiger partial charge < -0.3 is 20.4 Å². The Balaban J connectivity index is 1.41. The van der Waals surface area contributed by atoms with Gasteiger partial charge in [0, 0.05) is 17.3 Å². The van der Waals surface area contributed by atoms with E-state index in [1.54, 1.807) is 12.1 Å². The van der Waals surface area contributed by atoms with Crippen LogP contribution >= 0.6 is 0 Å². The number of carbonyl (C=O) groups is 1. The van der Waals surface area contributed by atoms with Gasteiger partial charge in [-0.15, -0.1) is 0 Å². The second-order valence-electron chi connectivity index (χ2n) is 5.77. The summed E-state index contributed by atoms with van der Waals surface area (Å²) in [4.78, 5) is 15.4. The van der Waals surface area contributed by atoms with Gasteiger partial charge in [-0.3, -0.25) is 0 Å². The van der Waals surface area contributed by atoms with Crippen LogP contribution in [0.15, 0.2) is 85.1 Å². The van der Waals surface area contributed by atoms with E-state index in [9.17, 15) is 4.79 Å². The van der Waals surface area contributed by atoms with Gasteiger partial charge in [0.1, 0.15) is 11.5 Å². The molecule has 4 rings (SSSR count). The molecule has 0 aliphatic carbocycles. The maximum absolute atomic E-state index is 12.3. The molecule has 3 N–H and O–H groups in total. The van der Waals surface area contributed by atoms with Crippen molar-refractivity contribution in [3.63, 3.8) is 0 Å². The van der Waals surface area contributed by atoms with Crippen molar-refractivity contribution in [1.29, 1.82) is 0 Å². The minimum Gasteiger partial charge on any atom is -0.457 e. The quantitative estimate of drug-likeness (QED) is 0.451. The number of urea groups is 1. The summed E-state index contributed by atoms with van der Waals surface area (Å²) in [6, 6.07) is 24.2. The van der Waals surface area contributed by atoms with Gasteiger partial charge in [0.2, 0.25) is 0 Å². The van der Waals surface area contributed by atoms with Crippen LogP contribution < -0.4 is 15.4 Å². The Kier molecular flexibility index (Phi) is 4.26. The third-order valence-electron chi connectivity index (χ3n) is 3.93. The zero-order valence-corrected chi connectivity index (χ0v) is 13.9. The van der Waals surface area contributed by atoms with Crippen LogP contribution in [0, 0.1) is 0 Å².